The van der Waals surface area contributed by atoms with E-state index < -0.39 is 21.8 Å². The van der Waals surface area contributed by atoms with Crippen molar-refractivity contribution in [2.75, 3.05) is 25.2 Å². The highest BCUT2D eigenvalue weighted by atomic mass is 32.2. The molecule has 1 saturated heterocycles. The maximum absolute atomic E-state index is 12.9. The highest BCUT2D eigenvalue weighted by Crippen LogP contribution is 2.19. The fraction of sp³-hybridized carbons (Fsp3) is 0.421. The van der Waals surface area contributed by atoms with E-state index in [2.05, 4.69) is 10.3 Å². The van der Waals surface area contributed by atoms with E-state index in [9.17, 15) is 18.0 Å². The van der Waals surface area contributed by atoms with Gasteiger partial charge in [-0.2, -0.15) is 0 Å². The van der Waals surface area contributed by atoms with Crippen LogP contribution in [0.25, 0.3) is 16.7 Å². The summed E-state index contributed by atoms with van der Waals surface area (Å²) in [7, 11) is -1.52. The quantitative estimate of drug-likeness (QED) is 0.587. The Morgan fingerprint density at radius 3 is 2.93 bits per heavy atom. The van der Waals surface area contributed by atoms with Crippen LogP contribution >= 0.6 is 0 Å². The van der Waals surface area contributed by atoms with E-state index in [1.807, 2.05) is 0 Å². The first-order valence-corrected chi connectivity index (χ1v) is 11.2. The Bertz CT molecular complexity index is 1240. The minimum absolute atomic E-state index is 0.0621. The molecule has 4 rings (SSSR count). The highest BCUT2D eigenvalue weighted by Gasteiger charge is 2.30. The van der Waals surface area contributed by atoms with Crippen LogP contribution in [0.15, 0.2) is 35.3 Å². The number of nitrogens with one attached hydrogen (secondary N) is 1. The van der Waals surface area contributed by atoms with Crippen LogP contribution in [0.5, 0.6) is 0 Å². The number of hydrogen-bond acceptors (Lipinski definition) is 6. The number of amides is 1. The fourth-order valence-electron chi connectivity index (χ4n) is 3.70. The SMILES string of the molecule is COCCCn1c(C(=O)NC2CCS(=O)(=O)C2)cc2c(=O)n3ccccc3nc21. The van der Waals surface area contributed by atoms with E-state index in [4.69, 9.17) is 4.74 Å². The van der Waals surface area contributed by atoms with Gasteiger partial charge in [0, 0.05) is 32.5 Å². The van der Waals surface area contributed by atoms with Gasteiger partial charge in [-0.3, -0.25) is 14.0 Å². The number of nitrogens with zero attached hydrogens (tertiary/aromatic N) is 3. The summed E-state index contributed by atoms with van der Waals surface area (Å²) in [6.45, 7) is 0.937. The number of ether oxygens (including phenoxy) is 1. The predicted molar refractivity (Wildman–Crippen MR) is 108 cm³/mol. The van der Waals surface area contributed by atoms with E-state index in [1.165, 1.54) is 10.5 Å². The molecular weight excluding hydrogens is 396 g/mol. The maximum atomic E-state index is 12.9. The second kappa shape index (κ2) is 7.60. The summed E-state index contributed by atoms with van der Waals surface area (Å²) < 4.78 is 31.6. The van der Waals surface area contributed by atoms with E-state index in [1.54, 1.807) is 36.1 Å². The second-order valence-corrected chi connectivity index (χ2v) is 9.41. The monoisotopic (exact) mass is 418 g/mol. The Kier molecular flexibility index (Phi) is 5.13. The van der Waals surface area contributed by atoms with Crippen molar-refractivity contribution in [3.8, 4) is 0 Å². The van der Waals surface area contributed by atoms with Crippen molar-refractivity contribution in [2.24, 2.45) is 0 Å². The Morgan fingerprint density at radius 1 is 1.38 bits per heavy atom. The van der Waals surface area contributed by atoms with E-state index in [-0.39, 0.29) is 17.1 Å². The third-order valence-corrected chi connectivity index (χ3v) is 6.87. The van der Waals surface area contributed by atoms with E-state index in [0.717, 1.165) is 0 Å². The molecule has 0 saturated carbocycles. The zero-order chi connectivity index (χ0) is 20.6. The molecule has 29 heavy (non-hydrogen) atoms. The Labute approximate surface area is 167 Å². The number of rotatable bonds is 6. The summed E-state index contributed by atoms with van der Waals surface area (Å²) >= 11 is 0. The van der Waals surface area contributed by atoms with Crippen LogP contribution in [0.2, 0.25) is 0 Å². The van der Waals surface area contributed by atoms with Gasteiger partial charge in [-0.1, -0.05) is 6.07 Å². The van der Waals surface area contributed by atoms with Gasteiger partial charge in [-0.25, -0.2) is 13.4 Å². The Morgan fingerprint density at radius 2 is 2.21 bits per heavy atom. The number of carbonyl (C=O) groups excluding carboxylic acids is 1. The lowest BCUT2D eigenvalue weighted by Gasteiger charge is -2.13. The van der Waals surface area contributed by atoms with Crippen molar-refractivity contribution in [2.45, 2.75) is 25.4 Å². The molecule has 0 aliphatic carbocycles. The van der Waals surface area contributed by atoms with Crippen LogP contribution in [0, 0.1) is 0 Å². The number of methoxy groups -OCH3 is 1. The number of carbonyl (C=O) groups is 1. The van der Waals surface area contributed by atoms with Gasteiger partial charge in [-0.15, -0.1) is 0 Å². The van der Waals surface area contributed by atoms with Gasteiger partial charge in [0.05, 0.1) is 16.9 Å². The smallest absolute Gasteiger partial charge is 0.268 e. The summed E-state index contributed by atoms with van der Waals surface area (Å²) in [5.74, 6) is -0.396. The first kappa shape index (κ1) is 19.6. The lowest BCUT2D eigenvalue weighted by molar-refractivity contribution is 0.0931. The summed E-state index contributed by atoms with van der Waals surface area (Å²) in [5, 5.41) is 3.14. The van der Waals surface area contributed by atoms with Gasteiger partial charge in [-0.05, 0) is 31.0 Å². The molecule has 10 heteroatoms. The van der Waals surface area contributed by atoms with Crippen LogP contribution in [-0.2, 0) is 21.1 Å². The maximum Gasteiger partial charge on any atom is 0.268 e. The van der Waals surface area contributed by atoms with Gasteiger partial charge >= 0.3 is 0 Å². The molecular formula is C19H22N4O5S. The minimum Gasteiger partial charge on any atom is -0.385 e. The van der Waals surface area contributed by atoms with E-state index in [0.29, 0.717) is 48.4 Å². The molecule has 4 heterocycles. The standard InChI is InChI=1S/C19H22N4O5S/c1-28-9-4-8-22-15(18(24)20-13-6-10-29(26,27)12-13)11-14-17(22)21-16-5-2-3-7-23(16)19(14)25/h2-3,5,7,11,13H,4,6,8-10,12H2,1H3,(H,20,24). The van der Waals surface area contributed by atoms with Crippen molar-refractivity contribution in [1.82, 2.24) is 19.3 Å². The number of fused-ring (bicyclic) bond motifs is 2. The first-order valence-electron chi connectivity index (χ1n) is 9.40. The summed E-state index contributed by atoms with van der Waals surface area (Å²) in [6.07, 6.45) is 2.66. The van der Waals surface area contributed by atoms with Crippen LogP contribution in [-0.4, -0.2) is 59.5 Å². The van der Waals surface area contributed by atoms with Gasteiger partial charge in [0.1, 0.15) is 17.0 Å². The Hall–Kier alpha value is -2.72. The molecule has 1 atom stereocenters. The highest BCUT2D eigenvalue weighted by molar-refractivity contribution is 7.91. The third kappa shape index (κ3) is 3.77. The molecule has 1 amide bonds. The molecule has 0 spiro atoms. The minimum atomic E-state index is -3.11. The van der Waals surface area contributed by atoms with Gasteiger partial charge in [0.2, 0.25) is 0 Å². The molecule has 154 valence electrons. The van der Waals surface area contributed by atoms with Crippen LogP contribution < -0.4 is 10.9 Å². The fourth-order valence-corrected chi connectivity index (χ4v) is 5.37. The molecule has 1 fully saturated rings. The molecule has 1 aliphatic rings. The number of hydrogen-bond donors (Lipinski definition) is 1. The lowest BCUT2D eigenvalue weighted by Crippen LogP contribution is -2.36. The summed E-state index contributed by atoms with van der Waals surface area (Å²) in [6, 6.07) is 6.38. The van der Waals surface area contributed by atoms with Crippen molar-refractivity contribution in [1.29, 1.82) is 0 Å². The molecule has 3 aromatic heterocycles. The topological polar surface area (TPSA) is 112 Å². The predicted octanol–water partition coefficient (Wildman–Crippen LogP) is 0.603. The lowest BCUT2D eigenvalue weighted by atomic mass is 10.2. The van der Waals surface area contributed by atoms with Crippen LogP contribution in [0.1, 0.15) is 23.3 Å². The number of sulfone groups is 1. The molecule has 1 N–H and O–H groups in total. The third-order valence-electron chi connectivity index (χ3n) is 5.11. The first-order chi connectivity index (χ1) is 13.9. The Balaban J connectivity index is 1.78. The summed E-state index contributed by atoms with van der Waals surface area (Å²) in [4.78, 5) is 30.4. The molecule has 0 aromatic carbocycles. The molecule has 1 aliphatic heterocycles. The summed E-state index contributed by atoms with van der Waals surface area (Å²) in [5.41, 5.74) is 0.959. The zero-order valence-electron chi connectivity index (χ0n) is 16.0. The molecule has 9 nitrogen and oxygen atoms in total. The van der Waals surface area contributed by atoms with Gasteiger partial charge in [0.25, 0.3) is 11.5 Å². The molecule has 3 aromatic rings. The van der Waals surface area contributed by atoms with E-state index >= 15 is 0 Å². The van der Waals surface area contributed by atoms with Crippen molar-refractivity contribution in [3.05, 3.63) is 46.5 Å². The van der Waals surface area contributed by atoms with Crippen molar-refractivity contribution < 1.29 is 17.9 Å². The number of pyridine rings is 1. The van der Waals surface area contributed by atoms with Gasteiger partial charge in [0.15, 0.2) is 9.84 Å². The normalized spacial score (nSPS) is 18.4. The zero-order valence-corrected chi connectivity index (χ0v) is 16.8. The molecule has 0 bridgehead atoms. The number of aryl methyl sites for hydroxylation is 1. The van der Waals surface area contributed by atoms with Crippen LogP contribution in [0.3, 0.4) is 0 Å². The average Bonchev–Trinajstić information content (AvgIpc) is 3.22. The van der Waals surface area contributed by atoms with Crippen molar-refractivity contribution >= 4 is 32.4 Å². The largest absolute Gasteiger partial charge is 0.385 e. The molecule has 1 unspecified atom stereocenters. The number of aromatic nitrogens is 3. The van der Waals surface area contributed by atoms with Crippen molar-refractivity contribution in [3.63, 3.8) is 0 Å². The van der Waals surface area contributed by atoms with Crippen LogP contribution in [0.4, 0.5) is 0 Å². The molecule has 0 radical (unpaired) electrons. The average molecular weight is 418 g/mol. The van der Waals surface area contributed by atoms with Gasteiger partial charge < -0.3 is 14.6 Å². The second-order valence-electron chi connectivity index (χ2n) is 7.18.